The van der Waals surface area contributed by atoms with Gasteiger partial charge in [0.05, 0.1) is 19.1 Å². The monoisotopic (exact) mass is 529 g/mol. The molecule has 0 saturated heterocycles. The van der Waals surface area contributed by atoms with Crippen LogP contribution in [0.15, 0.2) is 93.5 Å². The predicted molar refractivity (Wildman–Crippen MR) is 146 cm³/mol. The summed E-state index contributed by atoms with van der Waals surface area (Å²) in [4.78, 5) is 34.3. The lowest BCUT2D eigenvalue weighted by atomic mass is 9.95. The van der Waals surface area contributed by atoms with E-state index in [0.717, 1.165) is 5.56 Å². The number of methoxy groups -OCH3 is 1. The Morgan fingerprint density at radius 1 is 1.05 bits per heavy atom. The number of hydrogen-bond donors (Lipinski definition) is 3. The lowest BCUT2D eigenvalue weighted by molar-refractivity contribution is -0.139. The normalized spacial score (nSPS) is 15.0. The van der Waals surface area contributed by atoms with E-state index in [4.69, 9.17) is 25.7 Å². The first-order valence-corrected chi connectivity index (χ1v) is 12.2. The molecule has 3 aromatic carbocycles. The van der Waals surface area contributed by atoms with Crippen LogP contribution in [-0.2, 0) is 20.7 Å². The van der Waals surface area contributed by atoms with Gasteiger partial charge >= 0.3 is 12.0 Å². The van der Waals surface area contributed by atoms with E-state index in [9.17, 15) is 9.59 Å². The molecule has 0 aliphatic carbocycles. The molecule has 0 saturated carbocycles. The fourth-order valence-electron chi connectivity index (χ4n) is 4.13. The first-order chi connectivity index (χ1) is 18.4. The Morgan fingerprint density at radius 3 is 2.53 bits per heavy atom. The highest BCUT2D eigenvalue weighted by Gasteiger charge is 2.31. The van der Waals surface area contributed by atoms with Crippen molar-refractivity contribution in [2.75, 3.05) is 17.7 Å². The second-order valence-corrected chi connectivity index (χ2v) is 8.99. The number of amides is 1. The minimum Gasteiger partial charge on any atom is -0.469 e. The van der Waals surface area contributed by atoms with Gasteiger partial charge in [-0.3, -0.25) is 14.9 Å². The number of anilines is 2. The van der Waals surface area contributed by atoms with Crippen molar-refractivity contribution in [2.45, 2.75) is 19.4 Å². The lowest BCUT2D eigenvalue weighted by Crippen LogP contribution is -2.37. The number of para-hydroxylation sites is 2. The van der Waals surface area contributed by atoms with Crippen molar-refractivity contribution in [3.63, 3.8) is 0 Å². The van der Waals surface area contributed by atoms with Gasteiger partial charge < -0.3 is 19.8 Å². The number of allylic oxidation sites excluding steroid dienone is 1. The van der Waals surface area contributed by atoms with E-state index in [1.807, 2.05) is 42.5 Å². The molecule has 5 rings (SSSR count). The largest absolute Gasteiger partial charge is 0.469 e. The smallest absolute Gasteiger partial charge is 0.309 e. The van der Waals surface area contributed by atoms with Crippen LogP contribution in [-0.4, -0.2) is 29.9 Å². The minimum atomic E-state index is -0.699. The molecule has 4 aromatic rings. The number of nitrogens with zero attached hydrogens (tertiary/aromatic N) is 2. The average molecular weight is 530 g/mol. The summed E-state index contributed by atoms with van der Waals surface area (Å²) in [5.41, 5.74) is 4.35. The van der Waals surface area contributed by atoms with Gasteiger partial charge in [0, 0.05) is 22.0 Å². The van der Waals surface area contributed by atoms with Gasteiger partial charge in [0.25, 0.3) is 5.91 Å². The van der Waals surface area contributed by atoms with Crippen LogP contribution in [0.4, 0.5) is 11.7 Å². The Balaban J connectivity index is 1.42. The number of aromatic nitrogens is 1. The van der Waals surface area contributed by atoms with Gasteiger partial charge in [-0.05, 0) is 42.8 Å². The highest BCUT2D eigenvalue weighted by Crippen LogP contribution is 2.35. The molecule has 1 atom stereocenters. The fraction of sp³-hybridized carbons (Fsp3) is 0.143. The molecule has 10 heteroatoms. The molecule has 0 fully saturated rings. The number of carbonyl (C=O) groups excluding carboxylic acids is 2. The molecular weight excluding hydrogens is 506 g/mol. The van der Waals surface area contributed by atoms with Crippen LogP contribution < -0.4 is 16.0 Å². The molecular formula is C28H24ClN5O4. The third-order valence-corrected chi connectivity index (χ3v) is 6.34. The zero-order valence-electron chi connectivity index (χ0n) is 20.6. The molecule has 1 aromatic heterocycles. The van der Waals surface area contributed by atoms with Crippen molar-refractivity contribution in [2.24, 2.45) is 4.99 Å². The number of rotatable bonds is 6. The van der Waals surface area contributed by atoms with Gasteiger partial charge in [-0.1, -0.05) is 54.1 Å². The highest BCUT2D eigenvalue weighted by atomic mass is 35.5. The van der Waals surface area contributed by atoms with Crippen molar-refractivity contribution < 1.29 is 18.7 Å². The van der Waals surface area contributed by atoms with Crippen molar-refractivity contribution >= 4 is 52.2 Å². The Bertz CT molecular complexity index is 1540. The van der Waals surface area contributed by atoms with Gasteiger partial charge in [-0.2, -0.15) is 4.98 Å². The second kappa shape index (κ2) is 10.8. The number of guanidine groups is 1. The zero-order chi connectivity index (χ0) is 26.6. The van der Waals surface area contributed by atoms with E-state index < -0.39 is 6.04 Å². The molecule has 1 amide bonds. The summed E-state index contributed by atoms with van der Waals surface area (Å²) in [6.45, 7) is 1.79. The number of fused-ring (bicyclic) bond motifs is 1. The quantitative estimate of drug-likeness (QED) is 0.293. The van der Waals surface area contributed by atoms with Gasteiger partial charge in [0.2, 0.25) is 5.96 Å². The zero-order valence-corrected chi connectivity index (χ0v) is 21.4. The molecule has 0 spiro atoms. The van der Waals surface area contributed by atoms with Crippen LogP contribution in [0.1, 0.15) is 24.1 Å². The number of halogens is 1. The van der Waals surface area contributed by atoms with Crippen LogP contribution in [0.25, 0.3) is 11.1 Å². The number of hydrogen-bond acceptors (Lipinski definition) is 8. The lowest BCUT2D eigenvalue weighted by Gasteiger charge is -2.27. The fourth-order valence-corrected chi connectivity index (χ4v) is 4.37. The second-order valence-electron chi connectivity index (χ2n) is 8.58. The first kappa shape index (κ1) is 25.0. The molecule has 2 heterocycles. The molecule has 0 bridgehead atoms. The van der Waals surface area contributed by atoms with Gasteiger partial charge in [0.15, 0.2) is 5.58 Å². The summed E-state index contributed by atoms with van der Waals surface area (Å²) >= 11 is 6.53. The molecule has 38 heavy (non-hydrogen) atoms. The minimum absolute atomic E-state index is 0.151. The summed E-state index contributed by atoms with van der Waals surface area (Å²) in [5, 5.41) is 9.62. The maximum Gasteiger partial charge on any atom is 0.309 e. The van der Waals surface area contributed by atoms with Gasteiger partial charge in [0.1, 0.15) is 11.6 Å². The molecule has 9 nitrogen and oxygen atoms in total. The highest BCUT2D eigenvalue weighted by molar-refractivity contribution is 6.31. The van der Waals surface area contributed by atoms with Crippen LogP contribution in [0.3, 0.4) is 0 Å². The molecule has 1 aliphatic heterocycles. The Labute approximate surface area is 223 Å². The Hall–Kier alpha value is -4.63. The maximum atomic E-state index is 13.5. The predicted octanol–water partition coefficient (Wildman–Crippen LogP) is 5.22. The number of carbonyl (C=O) groups is 2. The number of oxazole rings is 1. The van der Waals surface area contributed by atoms with Crippen molar-refractivity contribution in [1.82, 2.24) is 10.3 Å². The first-order valence-electron chi connectivity index (χ1n) is 11.8. The van der Waals surface area contributed by atoms with Gasteiger partial charge in [-0.25, -0.2) is 4.99 Å². The molecule has 1 unspecified atom stereocenters. The van der Waals surface area contributed by atoms with E-state index >= 15 is 0 Å². The summed E-state index contributed by atoms with van der Waals surface area (Å²) in [6, 6.07) is 21.2. The van der Waals surface area contributed by atoms with E-state index in [0.29, 0.717) is 44.6 Å². The molecule has 0 radical (unpaired) electrons. The standard InChI is InChI=1S/C28H24ClN5O4/c1-16-24(26(36)31-18-13-11-17(12-14-18)15-23(35)37-2)25(19-7-3-4-8-20(19)29)33-27(30-16)34-28-32-21-9-5-6-10-22(21)38-28/h3-14,25H,15H2,1-2H3,(H,31,36)(H2,30,32,33,34). The van der Waals surface area contributed by atoms with Crippen molar-refractivity contribution in [3.8, 4) is 0 Å². The number of benzene rings is 3. The van der Waals surface area contributed by atoms with E-state index in [2.05, 4.69) is 20.9 Å². The van der Waals surface area contributed by atoms with E-state index in [1.165, 1.54) is 7.11 Å². The third kappa shape index (κ3) is 5.37. The van der Waals surface area contributed by atoms with Crippen LogP contribution in [0, 0.1) is 0 Å². The Kier molecular flexibility index (Phi) is 7.10. The SMILES string of the molecule is COC(=O)Cc1ccc(NC(=O)C2=C(C)NC(Nc3nc4ccccc4o3)=NC2c2ccccc2Cl)cc1. The molecule has 1 aliphatic rings. The van der Waals surface area contributed by atoms with Crippen molar-refractivity contribution in [3.05, 3.63) is 100 Å². The summed E-state index contributed by atoms with van der Waals surface area (Å²) in [6.07, 6.45) is 0.151. The summed E-state index contributed by atoms with van der Waals surface area (Å²) in [5.74, 6) is -0.313. The number of ether oxygens (including phenoxy) is 1. The topological polar surface area (TPSA) is 118 Å². The van der Waals surface area contributed by atoms with Gasteiger partial charge in [-0.15, -0.1) is 0 Å². The van der Waals surface area contributed by atoms with E-state index in [-0.39, 0.29) is 24.3 Å². The third-order valence-electron chi connectivity index (χ3n) is 5.99. The summed E-state index contributed by atoms with van der Waals surface area (Å²) < 4.78 is 10.5. The number of aliphatic imine (C=N–C) groups is 1. The van der Waals surface area contributed by atoms with Crippen LogP contribution in [0.2, 0.25) is 5.02 Å². The maximum absolute atomic E-state index is 13.5. The van der Waals surface area contributed by atoms with Crippen molar-refractivity contribution in [1.29, 1.82) is 0 Å². The molecule has 3 N–H and O–H groups in total. The van der Waals surface area contributed by atoms with E-state index in [1.54, 1.807) is 37.3 Å². The Morgan fingerprint density at radius 2 is 1.79 bits per heavy atom. The van der Waals surface area contributed by atoms with Crippen LogP contribution in [0.5, 0.6) is 0 Å². The van der Waals surface area contributed by atoms with Crippen LogP contribution >= 0.6 is 11.6 Å². The number of esters is 1. The average Bonchev–Trinajstić information content (AvgIpc) is 3.32. The summed E-state index contributed by atoms with van der Waals surface area (Å²) in [7, 11) is 1.34. The molecule has 192 valence electrons. The number of nitrogens with one attached hydrogen (secondary N) is 3.